The SMILES string of the molecule is CC(C)(O)CNC(=O)C(=O)Nc1cnn(Cc2ccccc2)c1. The highest BCUT2D eigenvalue weighted by Crippen LogP contribution is 2.08. The molecule has 23 heavy (non-hydrogen) atoms. The lowest BCUT2D eigenvalue weighted by Gasteiger charge is -2.17. The molecule has 2 amide bonds. The van der Waals surface area contributed by atoms with E-state index >= 15 is 0 Å². The minimum Gasteiger partial charge on any atom is -0.389 e. The van der Waals surface area contributed by atoms with E-state index in [1.54, 1.807) is 24.7 Å². The van der Waals surface area contributed by atoms with Crippen molar-refractivity contribution < 1.29 is 14.7 Å². The Morgan fingerprint density at radius 1 is 1.22 bits per heavy atom. The molecule has 2 aromatic rings. The molecule has 0 unspecified atom stereocenters. The molecule has 1 heterocycles. The van der Waals surface area contributed by atoms with E-state index in [9.17, 15) is 14.7 Å². The maximum atomic E-state index is 11.8. The Labute approximate surface area is 134 Å². The number of amides is 2. The van der Waals surface area contributed by atoms with Gasteiger partial charge in [0.05, 0.1) is 24.0 Å². The van der Waals surface area contributed by atoms with E-state index in [0.717, 1.165) is 5.56 Å². The van der Waals surface area contributed by atoms with Gasteiger partial charge in [-0.25, -0.2) is 0 Å². The summed E-state index contributed by atoms with van der Waals surface area (Å²) < 4.78 is 1.67. The van der Waals surface area contributed by atoms with Crippen molar-refractivity contribution >= 4 is 17.5 Å². The second-order valence-corrected chi connectivity index (χ2v) is 5.86. The smallest absolute Gasteiger partial charge is 0.313 e. The van der Waals surface area contributed by atoms with E-state index in [2.05, 4.69) is 15.7 Å². The first kappa shape index (κ1) is 16.7. The largest absolute Gasteiger partial charge is 0.389 e. The molecule has 0 aliphatic carbocycles. The molecule has 0 atom stereocenters. The van der Waals surface area contributed by atoms with E-state index in [1.165, 1.54) is 6.20 Å². The van der Waals surface area contributed by atoms with Crippen LogP contribution in [0.5, 0.6) is 0 Å². The number of nitrogens with zero attached hydrogens (tertiary/aromatic N) is 2. The predicted molar refractivity (Wildman–Crippen MR) is 85.7 cm³/mol. The van der Waals surface area contributed by atoms with Gasteiger partial charge < -0.3 is 15.7 Å². The maximum Gasteiger partial charge on any atom is 0.313 e. The van der Waals surface area contributed by atoms with Crippen molar-refractivity contribution in [2.24, 2.45) is 0 Å². The number of rotatable bonds is 5. The molecular weight excluding hydrogens is 296 g/mol. The van der Waals surface area contributed by atoms with Crippen molar-refractivity contribution in [2.45, 2.75) is 26.0 Å². The monoisotopic (exact) mass is 316 g/mol. The lowest BCUT2D eigenvalue weighted by molar-refractivity contribution is -0.136. The Morgan fingerprint density at radius 2 is 1.91 bits per heavy atom. The third-order valence-corrected chi connectivity index (χ3v) is 2.97. The summed E-state index contributed by atoms with van der Waals surface area (Å²) in [5.74, 6) is -1.60. The molecule has 122 valence electrons. The highest BCUT2D eigenvalue weighted by Gasteiger charge is 2.19. The molecule has 0 aliphatic rings. The molecule has 7 heteroatoms. The van der Waals surface area contributed by atoms with Crippen LogP contribution >= 0.6 is 0 Å². The zero-order valence-corrected chi connectivity index (χ0v) is 13.1. The van der Waals surface area contributed by atoms with Gasteiger partial charge in [0, 0.05) is 12.7 Å². The summed E-state index contributed by atoms with van der Waals surface area (Å²) >= 11 is 0. The molecule has 0 aliphatic heterocycles. The van der Waals surface area contributed by atoms with Gasteiger partial charge in [0.1, 0.15) is 0 Å². The van der Waals surface area contributed by atoms with Crippen LogP contribution in [-0.2, 0) is 16.1 Å². The minimum absolute atomic E-state index is 0.00742. The topological polar surface area (TPSA) is 96.2 Å². The molecular formula is C16H20N4O3. The van der Waals surface area contributed by atoms with Crippen molar-refractivity contribution in [1.29, 1.82) is 0 Å². The second-order valence-electron chi connectivity index (χ2n) is 5.86. The summed E-state index contributed by atoms with van der Waals surface area (Å²) in [6.07, 6.45) is 3.12. The Balaban J connectivity index is 1.88. The molecule has 0 spiro atoms. The molecule has 2 rings (SSSR count). The summed E-state index contributed by atoms with van der Waals surface area (Å²) in [5, 5.41) is 18.5. The van der Waals surface area contributed by atoms with Crippen LogP contribution in [0.15, 0.2) is 42.7 Å². The summed E-state index contributed by atoms with van der Waals surface area (Å²) in [7, 11) is 0. The number of nitrogens with one attached hydrogen (secondary N) is 2. The quantitative estimate of drug-likeness (QED) is 0.710. The minimum atomic E-state index is -1.07. The lowest BCUT2D eigenvalue weighted by atomic mass is 10.1. The molecule has 0 bridgehead atoms. The number of carbonyl (C=O) groups is 2. The van der Waals surface area contributed by atoms with E-state index in [4.69, 9.17) is 0 Å². The van der Waals surface area contributed by atoms with Crippen molar-refractivity contribution in [3.05, 3.63) is 48.3 Å². The highest BCUT2D eigenvalue weighted by molar-refractivity contribution is 6.39. The molecule has 0 saturated heterocycles. The first-order chi connectivity index (χ1) is 10.8. The van der Waals surface area contributed by atoms with E-state index in [0.29, 0.717) is 12.2 Å². The average molecular weight is 316 g/mol. The molecule has 1 aromatic carbocycles. The fourth-order valence-electron chi connectivity index (χ4n) is 1.85. The molecule has 0 radical (unpaired) electrons. The van der Waals surface area contributed by atoms with Crippen LogP contribution in [-0.4, -0.2) is 38.8 Å². The number of hydrogen-bond donors (Lipinski definition) is 3. The zero-order valence-electron chi connectivity index (χ0n) is 13.1. The van der Waals surface area contributed by atoms with Gasteiger partial charge in [0.25, 0.3) is 0 Å². The maximum absolute atomic E-state index is 11.8. The molecule has 7 nitrogen and oxygen atoms in total. The van der Waals surface area contributed by atoms with Gasteiger partial charge in [-0.3, -0.25) is 14.3 Å². The predicted octanol–water partition coefficient (Wildman–Crippen LogP) is 0.757. The summed E-state index contributed by atoms with van der Waals surface area (Å²) in [5.41, 5.74) is 0.442. The Bertz CT molecular complexity index is 674. The molecule has 0 fully saturated rings. The number of carbonyl (C=O) groups excluding carboxylic acids is 2. The Kier molecular flexibility index (Phi) is 5.13. The van der Waals surface area contributed by atoms with Crippen LogP contribution in [0.25, 0.3) is 0 Å². The van der Waals surface area contributed by atoms with Crippen LogP contribution in [0.4, 0.5) is 5.69 Å². The van der Waals surface area contributed by atoms with E-state index in [1.807, 2.05) is 30.3 Å². The number of aromatic nitrogens is 2. The normalized spacial score (nSPS) is 11.1. The summed E-state index contributed by atoms with van der Waals surface area (Å²) in [6.45, 7) is 3.64. The van der Waals surface area contributed by atoms with Gasteiger partial charge >= 0.3 is 11.8 Å². The fraction of sp³-hybridized carbons (Fsp3) is 0.312. The van der Waals surface area contributed by atoms with Crippen LogP contribution in [0.2, 0.25) is 0 Å². The van der Waals surface area contributed by atoms with Gasteiger partial charge in [-0.15, -0.1) is 0 Å². The van der Waals surface area contributed by atoms with Crippen molar-refractivity contribution in [1.82, 2.24) is 15.1 Å². The number of benzene rings is 1. The average Bonchev–Trinajstić information content (AvgIpc) is 2.92. The van der Waals surface area contributed by atoms with Gasteiger partial charge in [-0.05, 0) is 19.4 Å². The third kappa shape index (κ3) is 5.55. The summed E-state index contributed by atoms with van der Waals surface area (Å²) in [4.78, 5) is 23.4. The first-order valence-electron chi connectivity index (χ1n) is 7.21. The van der Waals surface area contributed by atoms with Gasteiger partial charge in [0.15, 0.2) is 0 Å². The van der Waals surface area contributed by atoms with Crippen LogP contribution in [0.1, 0.15) is 19.4 Å². The third-order valence-electron chi connectivity index (χ3n) is 2.97. The summed E-state index contributed by atoms with van der Waals surface area (Å²) in [6, 6.07) is 9.77. The van der Waals surface area contributed by atoms with Gasteiger partial charge in [0.2, 0.25) is 0 Å². The molecule has 0 saturated carbocycles. The Hall–Kier alpha value is -2.67. The van der Waals surface area contributed by atoms with Crippen LogP contribution < -0.4 is 10.6 Å². The van der Waals surface area contributed by atoms with E-state index in [-0.39, 0.29) is 6.54 Å². The van der Waals surface area contributed by atoms with Gasteiger partial charge in [-0.1, -0.05) is 30.3 Å². The Morgan fingerprint density at radius 3 is 2.57 bits per heavy atom. The second kappa shape index (κ2) is 7.06. The standard InChI is InChI=1S/C16H20N4O3/c1-16(2,23)11-17-14(21)15(22)19-13-8-18-20(10-13)9-12-6-4-3-5-7-12/h3-8,10,23H,9,11H2,1-2H3,(H,17,21)(H,19,22). The first-order valence-corrected chi connectivity index (χ1v) is 7.21. The number of aliphatic hydroxyl groups is 1. The van der Waals surface area contributed by atoms with Gasteiger partial charge in [-0.2, -0.15) is 5.10 Å². The van der Waals surface area contributed by atoms with E-state index < -0.39 is 17.4 Å². The van der Waals surface area contributed by atoms with Crippen LogP contribution in [0.3, 0.4) is 0 Å². The number of anilines is 1. The van der Waals surface area contributed by atoms with Crippen LogP contribution in [0, 0.1) is 0 Å². The number of hydrogen-bond acceptors (Lipinski definition) is 4. The fourth-order valence-corrected chi connectivity index (χ4v) is 1.85. The van der Waals surface area contributed by atoms with Crippen molar-refractivity contribution in [3.63, 3.8) is 0 Å². The molecule has 3 N–H and O–H groups in total. The zero-order chi connectivity index (χ0) is 16.9. The highest BCUT2D eigenvalue weighted by atomic mass is 16.3. The molecule has 1 aromatic heterocycles. The van der Waals surface area contributed by atoms with Crippen molar-refractivity contribution in [2.75, 3.05) is 11.9 Å². The lowest BCUT2D eigenvalue weighted by Crippen LogP contribution is -2.43. The van der Waals surface area contributed by atoms with Crippen molar-refractivity contribution in [3.8, 4) is 0 Å².